The number of nitrogens with zero attached hydrogens (tertiary/aromatic N) is 5. The number of amides is 1. The van der Waals surface area contributed by atoms with E-state index in [1.54, 1.807) is 31.2 Å². The molecule has 0 fully saturated rings. The van der Waals surface area contributed by atoms with Gasteiger partial charge in [0.25, 0.3) is 0 Å². The van der Waals surface area contributed by atoms with Crippen molar-refractivity contribution in [2.75, 3.05) is 23.9 Å². The number of halogens is 6. The van der Waals surface area contributed by atoms with Gasteiger partial charge in [0.15, 0.2) is 0 Å². The predicted octanol–water partition coefficient (Wildman–Crippen LogP) is 7.87. The third-order valence-electron chi connectivity index (χ3n) is 7.67. The van der Waals surface area contributed by atoms with Gasteiger partial charge in [0.05, 0.1) is 48.0 Å². The molecule has 3 aromatic heterocycles. The highest BCUT2D eigenvalue weighted by Gasteiger charge is 2.39. The molecule has 0 radical (unpaired) electrons. The number of carbonyl (C=O) groups excluding carboxylic acids is 1. The van der Waals surface area contributed by atoms with Crippen LogP contribution in [0.3, 0.4) is 0 Å². The van der Waals surface area contributed by atoms with Crippen LogP contribution in [0.2, 0.25) is 0 Å². The second kappa shape index (κ2) is 13.4. The van der Waals surface area contributed by atoms with E-state index in [1.165, 1.54) is 30.6 Å². The summed E-state index contributed by atoms with van der Waals surface area (Å²) in [6.45, 7) is 3.79. The summed E-state index contributed by atoms with van der Waals surface area (Å²) in [5.41, 5.74) is -1.02. The molecule has 1 aliphatic heterocycles. The van der Waals surface area contributed by atoms with Crippen LogP contribution in [-0.4, -0.2) is 45.8 Å². The van der Waals surface area contributed by atoms with Crippen LogP contribution in [0.15, 0.2) is 61.1 Å². The molecule has 2 atom stereocenters. The van der Waals surface area contributed by atoms with Crippen molar-refractivity contribution in [3.8, 4) is 17.0 Å². The van der Waals surface area contributed by atoms with Crippen LogP contribution in [0.5, 0.6) is 5.88 Å². The van der Waals surface area contributed by atoms with Gasteiger partial charge in [-0.25, -0.2) is 19.7 Å². The molecule has 0 saturated carbocycles. The molecule has 47 heavy (non-hydrogen) atoms. The molecule has 1 aliphatic rings. The maximum Gasteiger partial charge on any atom is 0.416 e. The largest absolute Gasteiger partial charge is 0.481 e. The van der Waals surface area contributed by atoms with E-state index in [9.17, 15) is 31.1 Å². The van der Waals surface area contributed by atoms with Crippen molar-refractivity contribution in [1.82, 2.24) is 19.9 Å². The van der Waals surface area contributed by atoms with E-state index in [0.717, 1.165) is 0 Å². The fraction of sp³-hybridized carbons (Fsp3) is 0.344. The lowest BCUT2D eigenvalue weighted by Crippen LogP contribution is -2.46. The van der Waals surface area contributed by atoms with E-state index >= 15 is 0 Å². The van der Waals surface area contributed by atoms with E-state index in [1.807, 2.05) is 6.92 Å². The van der Waals surface area contributed by atoms with Crippen molar-refractivity contribution in [2.45, 2.75) is 57.5 Å². The summed E-state index contributed by atoms with van der Waals surface area (Å²) in [5, 5.41) is 3.23. The summed E-state index contributed by atoms with van der Waals surface area (Å²) >= 11 is 0. The second-order valence-electron chi connectivity index (χ2n) is 10.7. The Bertz CT molecular complexity index is 1700. The van der Waals surface area contributed by atoms with Crippen LogP contribution < -0.4 is 15.0 Å². The number of methoxy groups -OCH3 is 1. The number of alkyl halides is 6. The molecule has 9 nitrogen and oxygen atoms in total. The van der Waals surface area contributed by atoms with Crippen LogP contribution in [0, 0.1) is 0 Å². The van der Waals surface area contributed by atoms with Gasteiger partial charge < -0.3 is 14.8 Å². The number of nitrogens with one attached hydrogen (secondary N) is 1. The lowest BCUT2D eigenvalue weighted by molar-refractivity contribution is -0.143. The standard InChI is InChI=1S/C32H30F6N6O3/c1-4-22-16-25(28-26(6-7-27(43-28)46-3)44(22)30(45)47-5-2)42-29-40-17-23(19-8-10-39-11-9-19)24(41-29)14-18-12-20(31(33,34)35)15-21(13-18)32(36,37)38/h6-13,15,17,22,25H,4-5,14,16H2,1-3H3,(H,40,41,42)/t22-,25+/m1/s1. The molecule has 0 aliphatic carbocycles. The molecule has 248 valence electrons. The summed E-state index contributed by atoms with van der Waals surface area (Å²) in [6, 6.07) is 7.16. The zero-order valence-electron chi connectivity index (χ0n) is 25.5. The van der Waals surface area contributed by atoms with Crippen molar-refractivity contribution in [3.05, 3.63) is 89.1 Å². The minimum Gasteiger partial charge on any atom is -0.481 e. The first-order valence-corrected chi connectivity index (χ1v) is 14.6. The highest BCUT2D eigenvalue weighted by atomic mass is 19.4. The highest BCUT2D eigenvalue weighted by Crippen LogP contribution is 2.41. The molecule has 15 heteroatoms. The summed E-state index contributed by atoms with van der Waals surface area (Å²) in [4.78, 5) is 32.1. The molecular weight excluding hydrogens is 630 g/mol. The van der Waals surface area contributed by atoms with E-state index in [4.69, 9.17) is 9.47 Å². The van der Waals surface area contributed by atoms with Crippen LogP contribution in [0.4, 0.5) is 42.8 Å². The van der Waals surface area contributed by atoms with Gasteiger partial charge in [0.1, 0.15) is 0 Å². The third-order valence-corrected chi connectivity index (χ3v) is 7.67. The number of carbonyl (C=O) groups is 1. The van der Waals surface area contributed by atoms with Crippen molar-refractivity contribution in [2.24, 2.45) is 0 Å². The highest BCUT2D eigenvalue weighted by molar-refractivity contribution is 5.90. The van der Waals surface area contributed by atoms with Gasteiger partial charge in [-0.05, 0) is 67.3 Å². The fourth-order valence-corrected chi connectivity index (χ4v) is 5.49. The molecule has 0 bridgehead atoms. The quantitative estimate of drug-likeness (QED) is 0.191. The Balaban J connectivity index is 1.58. The normalized spacial score (nSPS) is 16.4. The molecule has 4 aromatic rings. The van der Waals surface area contributed by atoms with Crippen molar-refractivity contribution >= 4 is 17.7 Å². The maximum absolute atomic E-state index is 13.6. The molecule has 0 spiro atoms. The molecule has 0 saturated heterocycles. The Hall–Kier alpha value is -4.95. The molecular formula is C32H30F6N6O3. The Morgan fingerprint density at radius 2 is 1.66 bits per heavy atom. The fourth-order valence-electron chi connectivity index (χ4n) is 5.49. The number of pyridine rings is 2. The Kier molecular flexibility index (Phi) is 9.54. The van der Waals surface area contributed by atoms with Crippen molar-refractivity contribution in [3.63, 3.8) is 0 Å². The minimum absolute atomic E-state index is 0.0563. The van der Waals surface area contributed by atoms with Gasteiger partial charge in [-0.2, -0.15) is 26.3 Å². The first kappa shape index (κ1) is 33.4. The summed E-state index contributed by atoms with van der Waals surface area (Å²) in [5.74, 6) is 0.342. The lowest BCUT2D eigenvalue weighted by Gasteiger charge is -2.39. The first-order valence-electron chi connectivity index (χ1n) is 14.6. The van der Waals surface area contributed by atoms with E-state index in [0.29, 0.717) is 47.5 Å². The summed E-state index contributed by atoms with van der Waals surface area (Å²) < 4.78 is 92.5. The number of anilines is 2. The number of fused-ring (bicyclic) bond motifs is 1. The Morgan fingerprint density at radius 1 is 0.979 bits per heavy atom. The number of ether oxygens (including phenoxy) is 2. The van der Waals surface area contributed by atoms with Gasteiger partial charge in [-0.3, -0.25) is 9.88 Å². The van der Waals surface area contributed by atoms with Crippen LogP contribution in [0.25, 0.3) is 11.1 Å². The van der Waals surface area contributed by atoms with Crippen molar-refractivity contribution < 1.29 is 40.6 Å². The van der Waals surface area contributed by atoms with E-state index < -0.39 is 35.6 Å². The number of hydrogen-bond donors (Lipinski definition) is 1. The monoisotopic (exact) mass is 660 g/mol. The molecule has 5 rings (SSSR count). The van der Waals surface area contributed by atoms with E-state index in [-0.39, 0.29) is 48.2 Å². The van der Waals surface area contributed by atoms with Crippen LogP contribution in [0.1, 0.15) is 60.8 Å². The average molecular weight is 661 g/mol. The lowest BCUT2D eigenvalue weighted by atomic mass is 9.93. The number of rotatable bonds is 8. The van der Waals surface area contributed by atoms with E-state index in [2.05, 4.69) is 25.3 Å². The smallest absolute Gasteiger partial charge is 0.416 e. The second-order valence-corrected chi connectivity index (χ2v) is 10.7. The average Bonchev–Trinajstić information content (AvgIpc) is 3.04. The summed E-state index contributed by atoms with van der Waals surface area (Å²) in [7, 11) is 1.45. The van der Waals surface area contributed by atoms with Gasteiger partial charge >= 0.3 is 18.4 Å². The Labute approximate surface area is 266 Å². The van der Waals surface area contributed by atoms with Gasteiger partial charge in [-0.15, -0.1) is 0 Å². The molecule has 4 heterocycles. The van der Waals surface area contributed by atoms with Gasteiger partial charge in [-0.1, -0.05) is 6.92 Å². The SMILES string of the molecule is CCOC(=O)N1c2ccc(OC)nc2[C@@H](Nc2ncc(-c3ccncc3)c(Cc3cc(C(F)(F)F)cc(C(F)(F)F)c3)n2)C[C@H]1CC. The predicted molar refractivity (Wildman–Crippen MR) is 160 cm³/mol. The van der Waals surface area contributed by atoms with Crippen LogP contribution >= 0.6 is 0 Å². The van der Waals surface area contributed by atoms with Gasteiger partial charge in [0, 0.05) is 42.7 Å². The zero-order chi connectivity index (χ0) is 33.9. The van der Waals surface area contributed by atoms with Gasteiger partial charge in [0.2, 0.25) is 11.8 Å². The zero-order valence-corrected chi connectivity index (χ0v) is 25.5. The third kappa shape index (κ3) is 7.39. The van der Waals surface area contributed by atoms with Crippen molar-refractivity contribution in [1.29, 1.82) is 0 Å². The number of aromatic nitrogens is 4. The minimum atomic E-state index is -5.00. The topological polar surface area (TPSA) is 102 Å². The van der Waals surface area contributed by atoms with Crippen LogP contribution in [-0.2, 0) is 23.5 Å². The summed E-state index contributed by atoms with van der Waals surface area (Å²) in [6.07, 6.45) is -5.55. The number of hydrogen-bond acceptors (Lipinski definition) is 8. The Morgan fingerprint density at radius 3 is 2.26 bits per heavy atom. The maximum atomic E-state index is 13.6. The first-order chi connectivity index (χ1) is 22.3. The molecule has 1 aromatic carbocycles. The number of benzene rings is 1. The molecule has 1 amide bonds. The molecule has 1 N–H and O–H groups in total. The molecule has 0 unspecified atom stereocenters.